The second-order valence-electron chi connectivity index (χ2n) is 5.98. The number of aryl methyl sites for hydroxylation is 1. The molecular weight excluding hydrogens is 280 g/mol. The summed E-state index contributed by atoms with van der Waals surface area (Å²) in [4.78, 5) is 4.60. The highest BCUT2D eigenvalue weighted by molar-refractivity contribution is 7.09. The molecule has 21 heavy (non-hydrogen) atoms. The Morgan fingerprint density at radius 2 is 2.29 bits per heavy atom. The van der Waals surface area contributed by atoms with Gasteiger partial charge >= 0.3 is 0 Å². The van der Waals surface area contributed by atoms with Crippen LogP contribution in [0.15, 0.2) is 23.6 Å². The highest BCUT2D eigenvalue weighted by Gasteiger charge is 2.17. The number of nitrogens with two attached hydrogens (primary N) is 1. The zero-order chi connectivity index (χ0) is 14.8. The molecule has 1 aromatic carbocycles. The minimum Gasteiger partial charge on any atom is -0.487 e. The summed E-state index contributed by atoms with van der Waals surface area (Å²) in [6.07, 6.45) is 3.39. The largest absolute Gasteiger partial charge is 0.487 e. The second kappa shape index (κ2) is 6.16. The molecule has 3 rings (SSSR count). The molecule has 0 amide bonds. The quantitative estimate of drug-likeness (QED) is 0.921. The van der Waals surface area contributed by atoms with E-state index in [0.29, 0.717) is 12.5 Å². The van der Waals surface area contributed by atoms with Crippen LogP contribution < -0.4 is 10.5 Å². The Labute approximate surface area is 130 Å². The van der Waals surface area contributed by atoms with Gasteiger partial charge in [-0.15, -0.1) is 11.3 Å². The molecule has 1 heterocycles. The minimum atomic E-state index is 0.157. The summed E-state index contributed by atoms with van der Waals surface area (Å²) in [5.74, 6) is 1.37. The molecule has 0 unspecified atom stereocenters. The van der Waals surface area contributed by atoms with E-state index >= 15 is 0 Å². The number of thiazole rings is 1. The predicted molar refractivity (Wildman–Crippen MR) is 86.8 cm³/mol. The van der Waals surface area contributed by atoms with Crippen LogP contribution in [0.3, 0.4) is 0 Å². The lowest BCUT2D eigenvalue weighted by atomic mass is 9.88. The Bertz CT molecular complexity index is 621. The van der Waals surface area contributed by atoms with Crippen LogP contribution in [0.1, 0.15) is 60.5 Å². The molecule has 0 saturated heterocycles. The molecule has 2 N–H and O–H groups in total. The molecule has 1 aliphatic rings. The number of fused-ring (bicyclic) bond motifs is 1. The van der Waals surface area contributed by atoms with Crippen molar-refractivity contribution < 1.29 is 4.74 Å². The van der Waals surface area contributed by atoms with Crippen LogP contribution in [0, 0.1) is 0 Å². The molecule has 1 aliphatic carbocycles. The maximum atomic E-state index is 6.19. The third kappa shape index (κ3) is 3.27. The van der Waals surface area contributed by atoms with Crippen LogP contribution >= 0.6 is 11.3 Å². The molecule has 0 aliphatic heterocycles. The number of ether oxygens (including phenoxy) is 1. The van der Waals surface area contributed by atoms with Crippen LogP contribution in [0.5, 0.6) is 5.75 Å². The molecule has 1 aromatic heterocycles. The molecular formula is C17H22N2OS. The maximum absolute atomic E-state index is 6.19. The Kier molecular flexibility index (Phi) is 4.27. The van der Waals surface area contributed by atoms with Crippen LogP contribution in [-0.4, -0.2) is 4.98 Å². The number of hydrogen-bond donors (Lipinski definition) is 1. The lowest BCUT2D eigenvalue weighted by Crippen LogP contribution is -2.17. The first-order valence-electron chi connectivity index (χ1n) is 7.59. The Hall–Kier alpha value is -1.39. The normalized spacial score (nSPS) is 17.8. The number of benzene rings is 1. The van der Waals surface area contributed by atoms with Crippen molar-refractivity contribution in [2.45, 2.75) is 51.7 Å². The standard InChI is InChI=1S/C17H22N2OS/c1-11(2)17-19-13(10-21-17)9-20-14-7-6-12-4-3-5-16(18)15(12)8-14/h6-8,10-11,16H,3-5,9,18H2,1-2H3/t16-/m0/s1. The van der Waals surface area contributed by atoms with E-state index in [1.54, 1.807) is 11.3 Å². The third-order valence-electron chi connectivity index (χ3n) is 3.93. The summed E-state index contributed by atoms with van der Waals surface area (Å²) in [6.45, 7) is 4.85. The number of nitrogens with zero attached hydrogens (tertiary/aromatic N) is 1. The van der Waals surface area contributed by atoms with Gasteiger partial charge in [-0.1, -0.05) is 19.9 Å². The van der Waals surface area contributed by atoms with Crippen molar-refractivity contribution >= 4 is 11.3 Å². The van der Waals surface area contributed by atoms with Gasteiger partial charge in [-0.2, -0.15) is 0 Å². The SMILES string of the molecule is CC(C)c1nc(COc2ccc3c(c2)[C@@H](N)CCC3)cs1. The lowest BCUT2D eigenvalue weighted by Gasteiger charge is -2.22. The topological polar surface area (TPSA) is 48.1 Å². The molecule has 4 heteroatoms. The van der Waals surface area contributed by atoms with Crippen LogP contribution in [-0.2, 0) is 13.0 Å². The second-order valence-corrected chi connectivity index (χ2v) is 6.87. The Balaban J connectivity index is 1.69. The molecule has 0 radical (unpaired) electrons. The van der Waals surface area contributed by atoms with Crippen molar-refractivity contribution in [1.29, 1.82) is 0 Å². The van der Waals surface area contributed by atoms with E-state index in [0.717, 1.165) is 24.3 Å². The van der Waals surface area contributed by atoms with Crippen LogP contribution in [0.4, 0.5) is 0 Å². The fraction of sp³-hybridized carbons (Fsp3) is 0.471. The molecule has 0 bridgehead atoms. The van der Waals surface area contributed by atoms with Gasteiger partial charge in [0.25, 0.3) is 0 Å². The molecule has 0 spiro atoms. The van der Waals surface area contributed by atoms with Crippen LogP contribution in [0.2, 0.25) is 0 Å². The predicted octanol–water partition coefficient (Wildman–Crippen LogP) is 4.18. The third-order valence-corrected chi connectivity index (χ3v) is 5.12. The highest BCUT2D eigenvalue weighted by atomic mass is 32.1. The maximum Gasteiger partial charge on any atom is 0.131 e. The molecule has 2 aromatic rings. The molecule has 3 nitrogen and oxygen atoms in total. The fourth-order valence-electron chi connectivity index (χ4n) is 2.71. The van der Waals surface area contributed by atoms with E-state index in [9.17, 15) is 0 Å². The minimum absolute atomic E-state index is 0.157. The van der Waals surface area contributed by atoms with Crippen molar-refractivity contribution in [3.63, 3.8) is 0 Å². The van der Waals surface area contributed by atoms with Gasteiger partial charge < -0.3 is 10.5 Å². The van der Waals surface area contributed by atoms with E-state index in [2.05, 4.69) is 36.3 Å². The molecule has 112 valence electrons. The van der Waals surface area contributed by atoms with Gasteiger partial charge in [-0.25, -0.2) is 4.98 Å². The van der Waals surface area contributed by atoms with E-state index in [4.69, 9.17) is 10.5 Å². The van der Waals surface area contributed by atoms with Crippen molar-refractivity contribution in [2.75, 3.05) is 0 Å². The van der Waals surface area contributed by atoms with E-state index in [-0.39, 0.29) is 6.04 Å². The van der Waals surface area contributed by atoms with Gasteiger partial charge in [-0.05, 0) is 42.5 Å². The first-order chi connectivity index (χ1) is 10.1. The Morgan fingerprint density at radius 3 is 3.05 bits per heavy atom. The first kappa shape index (κ1) is 14.5. The van der Waals surface area contributed by atoms with Gasteiger partial charge in [0, 0.05) is 17.3 Å². The average Bonchev–Trinajstić information content (AvgIpc) is 2.95. The summed E-state index contributed by atoms with van der Waals surface area (Å²) in [6, 6.07) is 6.47. The zero-order valence-corrected chi connectivity index (χ0v) is 13.5. The summed E-state index contributed by atoms with van der Waals surface area (Å²) < 4.78 is 5.89. The van der Waals surface area contributed by atoms with Gasteiger partial charge in [-0.3, -0.25) is 0 Å². The van der Waals surface area contributed by atoms with Crippen molar-refractivity contribution in [3.8, 4) is 5.75 Å². The monoisotopic (exact) mass is 302 g/mol. The van der Waals surface area contributed by atoms with E-state index < -0.39 is 0 Å². The fourth-order valence-corrected chi connectivity index (χ4v) is 3.53. The average molecular weight is 302 g/mol. The van der Waals surface area contributed by atoms with Gasteiger partial charge in [0.05, 0.1) is 10.7 Å². The Morgan fingerprint density at radius 1 is 1.43 bits per heavy atom. The highest BCUT2D eigenvalue weighted by Crippen LogP contribution is 2.31. The number of rotatable bonds is 4. The van der Waals surface area contributed by atoms with Gasteiger partial charge in [0.2, 0.25) is 0 Å². The number of aromatic nitrogens is 1. The smallest absolute Gasteiger partial charge is 0.131 e. The van der Waals surface area contributed by atoms with E-state index in [1.807, 2.05) is 6.07 Å². The first-order valence-corrected chi connectivity index (χ1v) is 8.47. The van der Waals surface area contributed by atoms with Crippen molar-refractivity contribution in [1.82, 2.24) is 4.98 Å². The lowest BCUT2D eigenvalue weighted by molar-refractivity contribution is 0.301. The van der Waals surface area contributed by atoms with Gasteiger partial charge in [0.1, 0.15) is 12.4 Å². The van der Waals surface area contributed by atoms with E-state index in [1.165, 1.54) is 22.6 Å². The summed E-state index contributed by atoms with van der Waals surface area (Å²) in [5, 5.41) is 3.25. The summed E-state index contributed by atoms with van der Waals surface area (Å²) in [7, 11) is 0. The van der Waals surface area contributed by atoms with Crippen molar-refractivity contribution in [3.05, 3.63) is 45.4 Å². The number of hydrogen-bond acceptors (Lipinski definition) is 4. The molecule has 0 saturated carbocycles. The van der Waals surface area contributed by atoms with Crippen LogP contribution in [0.25, 0.3) is 0 Å². The summed E-state index contributed by atoms with van der Waals surface area (Å²) in [5.41, 5.74) is 9.82. The molecule has 0 fully saturated rings. The zero-order valence-electron chi connectivity index (χ0n) is 12.6. The molecule has 1 atom stereocenters. The van der Waals surface area contributed by atoms with Crippen molar-refractivity contribution in [2.24, 2.45) is 5.73 Å². The van der Waals surface area contributed by atoms with Gasteiger partial charge in [0.15, 0.2) is 0 Å². The summed E-state index contributed by atoms with van der Waals surface area (Å²) >= 11 is 1.70.